The van der Waals surface area contributed by atoms with Crippen LogP contribution in [0.1, 0.15) is 42.4 Å². The van der Waals surface area contributed by atoms with Crippen LogP contribution in [0.15, 0.2) is 66.8 Å². The summed E-state index contributed by atoms with van der Waals surface area (Å²) in [6, 6.07) is 16.0. The van der Waals surface area contributed by atoms with Gasteiger partial charge in [-0.2, -0.15) is 0 Å². The van der Waals surface area contributed by atoms with Crippen LogP contribution in [-0.4, -0.2) is 0 Å². The average molecular weight is 298 g/mol. The van der Waals surface area contributed by atoms with Gasteiger partial charge in [0, 0.05) is 11.3 Å². The van der Waals surface area contributed by atoms with Gasteiger partial charge in [-0.1, -0.05) is 79.6 Å². The Bertz CT molecular complexity index is 804. The molecule has 0 bridgehead atoms. The maximum atomic E-state index is 2.43. The van der Waals surface area contributed by atoms with Crippen molar-refractivity contribution in [3.05, 3.63) is 83.5 Å². The second-order valence-corrected chi connectivity index (χ2v) is 7.32. The van der Waals surface area contributed by atoms with Crippen molar-refractivity contribution in [3.63, 3.8) is 0 Å². The summed E-state index contributed by atoms with van der Waals surface area (Å²) in [5, 5.41) is 0. The highest BCUT2D eigenvalue weighted by molar-refractivity contribution is 5.78. The fraction of sp³-hybridized carbons (Fsp3) is 0.304. The molecule has 2 aromatic rings. The molecule has 3 aliphatic rings. The molecular weight excluding hydrogens is 276 g/mol. The smallest absolute Gasteiger partial charge is 0.00536 e. The molecule has 0 aromatic heterocycles. The number of hydrogen-bond acceptors (Lipinski definition) is 0. The number of fused-ring (bicyclic) bond motifs is 3. The number of benzene rings is 2. The van der Waals surface area contributed by atoms with Crippen LogP contribution in [0, 0.1) is 5.92 Å². The molecule has 1 saturated carbocycles. The van der Waals surface area contributed by atoms with Crippen LogP contribution in [0.4, 0.5) is 0 Å². The molecular formula is C23H22. The van der Waals surface area contributed by atoms with Crippen LogP contribution < -0.4 is 0 Å². The first kappa shape index (κ1) is 13.4. The molecule has 2 aromatic carbocycles. The third-order valence-corrected chi connectivity index (χ3v) is 6.27. The van der Waals surface area contributed by atoms with Gasteiger partial charge < -0.3 is 0 Å². The SMILES string of the molecule is C1=CC(C2(c3cccc4c3Cc3ccccc3-4)CCCC2)C=C1. The van der Waals surface area contributed by atoms with Crippen molar-refractivity contribution in [3.8, 4) is 11.1 Å². The summed E-state index contributed by atoms with van der Waals surface area (Å²) in [5.41, 5.74) is 8.00. The molecule has 0 atom stereocenters. The number of hydrogen-bond donors (Lipinski definition) is 0. The van der Waals surface area contributed by atoms with Crippen molar-refractivity contribution >= 4 is 0 Å². The first-order valence-corrected chi connectivity index (χ1v) is 8.94. The predicted molar refractivity (Wildman–Crippen MR) is 96.6 cm³/mol. The van der Waals surface area contributed by atoms with E-state index in [1.165, 1.54) is 42.4 Å². The van der Waals surface area contributed by atoms with Gasteiger partial charge in [0.25, 0.3) is 0 Å². The second-order valence-electron chi connectivity index (χ2n) is 7.32. The van der Waals surface area contributed by atoms with E-state index in [4.69, 9.17) is 0 Å². The third-order valence-electron chi connectivity index (χ3n) is 6.27. The monoisotopic (exact) mass is 298 g/mol. The van der Waals surface area contributed by atoms with Crippen LogP contribution in [0.3, 0.4) is 0 Å². The van der Waals surface area contributed by atoms with Gasteiger partial charge in [-0.3, -0.25) is 0 Å². The molecule has 23 heavy (non-hydrogen) atoms. The van der Waals surface area contributed by atoms with E-state index < -0.39 is 0 Å². The standard InChI is InChI=1S/C23H22/c1-4-11-19-17(8-1)16-21-20(19)12-7-13-22(21)23(14-5-6-15-23)18-9-2-3-10-18/h1-4,7-13,18H,5-6,14-16H2. The van der Waals surface area contributed by atoms with E-state index in [-0.39, 0.29) is 0 Å². The topological polar surface area (TPSA) is 0 Å². The summed E-state index contributed by atoms with van der Waals surface area (Å²) >= 11 is 0. The first-order valence-electron chi connectivity index (χ1n) is 8.94. The maximum Gasteiger partial charge on any atom is 0.00536 e. The molecule has 0 amide bonds. The van der Waals surface area contributed by atoms with Crippen LogP contribution in [-0.2, 0) is 11.8 Å². The minimum absolute atomic E-state index is 0.330. The Morgan fingerprint density at radius 2 is 1.52 bits per heavy atom. The normalized spacial score (nSPS) is 20.9. The van der Waals surface area contributed by atoms with Crippen molar-refractivity contribution in [2.75, 3.05) is 0 Å². The van der Waals surface area contributed by atoms with Crippen molar-refractivity contribution < 1.29 is 0 Å². The summed E-state index contributed by atoms with van der Waals surface area (Å²) in [6.45, 7) is 0. The Kier molecular flexibility index (Phi) is 2.88. The second kappa shape index (κ2) is 4.96. The minimum Gasteiger partial charge on any atom is -0.0767 e. The van der Waals surface area contributed by atoms with Crippen molar-refractivity contribution in [2.24, 2.45) is 5.92 Å². The van der Waals surface area contributed by atoms with Crippen molar-refractivity contribution in [1.82, 2.24) is 0 Å². The number of allylic oxidation sites excluding steroid dienone is 4. The highest BCUT2D eigenvalue weighted by atomic mass is 14.5. The van der Waals surface area contributed by atoms with Gasteiger partial charge in [0.05, 0.1) is 0 Å². The minimum atomic E-state index is 0.330. The van der Waals surface area contributed by atoms with Gasteiger partial charge >= 0.3 is 0 Å². The first-order chi connectivity index (χ1) is 11.4. The van der Waals surface area contributed by atoms with E-state index in [0.717, 1.165) is 6.42 Å². The fourth-order valence-electron chi connectivity index (χ4n) is 5.21. The summed E-state index contributed by atoms with van der Waals surface area (Å²) in [7, 11) is 0. The summed E-state index contributed by atoms with van der Waals surface area (Å²) in [6.07, 6.45) is 15.8. The predicted octanol–water partition coefficient (Wildman–Crippen LogP) is 5.81. The largest absolute Gasteiger partial charge is 0.0767 e. The molecule has 0 heteroatoms. The van der Waals surface area contributed by atoms with E-state index in [9.17, 15) is 0 Å². The average Bonchev–Trinajstić information content (AvgIpc) is 3.33. The molecule has 0 spiro atoms. The molecule has 0 aliphatic heterocycles. The molecule has 3 aliphatic carbocycles. The lowest BCUT2D eigenvalue weighted by molar-refractivity contribution is 0.374. The van der Waals surface area contributed by atoms with Gasteiger partial charge in [-0.05, 0) is 47.1 Å². The van der Waals surface area contributed by atoms with E-state index >= 15 is 0 Å². The molecule has 0 saturated heterocycles. The van der Waals surface area contributed by atoms with E-state index in [0.29, 0.717) is 11.3 Å². The Morgan fingerprint density at radius 3 is 2.35 bits per heavy atom. The van der Waals surface area contributed by atoms with Gasteiger partial charge in [-0.15, -0.1) is 0 Å². The van der Waals surface area contributed by atoms with Crippen LogP contribution in [0.25, 0.3) is 11.1 Å². The molecule has 1 fully saturated rings. The molecule has 0 N–H and O–H groups in total. The van der Waals surface area contributed by atoms with Gasteiger partial charge in [-0.25, -0.2) is 0 Å². The zero-order valence-corrected chi connectivity index (χ0v) is 13.5. The lowest BCUT2D eigenvalue weighted by Gasteiger charge is -2.36. The van der Waals surface area contributed by atoms with E-state index in [1.54, 1.807) is 11.1 Å². The Labute approximate surface area is 138 Å². The fourth-order valence-corrected chi connectivity index (χ4v) is 5.21. The van der Waals surface area contributed by atoms with Gasteiger partial charge in [0.2, 0.25) is 0 Å². The third kappa shape index (κ3) is 1.84. The van der Waals surface area contributed by atoms with E-state index in [2.05, 4.69) is 66.8 Å². The molecule has 0 unspecified atom stereocenters. The van der Waals surface area contributed by atoms with E-state index in [1.807, 2.05) is 0 Å². The lowest BCUT2D eigenvalue weighted by Crippen LogP contribution is -2.30. The van der Waals surface area contributed by atoms with Crippen molar-refractivity contribution in [1.29, 1.82) is 0 Å². The Balaban J connectivity index is 1.70. The Hall–Kier alpha value is -2.08. The summed E-state index contributed by atoms with van der Waals surface area (Å²) in [5.74, 6) is 0.584. The van der Waals surface area contributed by atoms with Crippen LogP contribution in [0.5, 0.6) is 0 Å². The maximum absolute atomic E-state index is 2.43. The van der Waals surface area contributed by atoms with Crippen molar-refractivity contribution in [2.45, 2.75) is 37.5 Å². The molecule has 0 radical (unpaired) electrons. The molecule has 5 rings (SSSR count). The summed E-state index contributed by atoms with van der Waals surface area (Å²) in [4.78, 5) is 0. The van der Waals surface area contributed by atoms with Gasteiger partial charge in [0.15, 0.2) is 0 Å². The van der Waals surface area contributed by atoms with Crippen LogP contribution >= 0.6 is 0 Å². The lowest BCUT2D eigenvalue weighted by atomic mass is 9.67. The van der Waals surface area contributed by atoms with Crippen LogP contribution in [0.2, 0.25) is 0 Å². The Morgan fingerprint density at radius 1 is 0.783 bits per heavy atom. The molecule has 114 valence electrons. The summed E-state index contributed by atoms with van der Waals surface area (Å²) < 4.78 is 0. The zero-order chi connectivity index (χ0) is 15.3. The highest BCUT2D eigenvalue weighted by Crippen LogP contribution is 2.52. The number of rotatable bonds is 2. The van der Waals surface area contributed by atoms with Gasteiger partial charge in [0.1, 0.15) is 0 Å². The zero-order valence-electron chi connectivity index (χ0n) is 13.5. The molecule has 0 nitrogen and oxygen atoms in total. The molecule has 0 heterocycles. The highest BCUT2D eigenvalue weighted by Gasteiger charge is 2.43. The quantitative estimate of drug-likeness (QED) is 0.560.